The number of aromatic amines is 2. The van der Waals surface area contributed by atoms with E-state index >= 15 is 0 Å². The van der Waals surface area contributed by atoms with E-state index in [0.717, 1.165) is 80.7 Å². The lowest BCUT2D eigenvalue weighted by Crippen LogP contribution is -2.50. The zero-order chi connectivity index (χ0) is 33.3. The summed E-state index contributed by atoms with van der Waals surface area (Å²) >= 11 is 0. The number of fused-ring (bicyclic) bond motifs is 6. The molecule has 0 spiro atoms. The Morgan fingerprint density at radius 1 is 1.02 bits per heavy atom. The fourth-order valence-electron chi connectivity index (χ4n) is 7.79. The van der Waals surface area contributed by atoms with Gasteiger partial charge >= 0.3 is 6.09 Å². The van der Waals surface area contributed by atoms with Crippen LogP contribution in [0.15, 0.2) is 48.7 Å². The lowest BCUT2D eigenvalue weighted by molar-refractivity contribution is -0.135. The summed E-state index contributed by atoms with van der Waals surface area (Å²) in [6, 6.07) is 14.1. The van der Waals surface area contributed by atoms with Gasteiger partial charge in [-0.2, -0.15) is 0 Å². The van der Waals surface area contributed by atoms with Crippen molar-refractivity contribution in [3.63, 3.8) is 0 Å². The Balaban J connectivity index is 1.10. The molecular formula is C37H41N7O4. The molecule has 2 amide bonds. The molecule has 5 heterocycles. The summed E-state index contributed by atoms with van der Waals surface area (Å²) in [5.41, 5.74) is 7.14. The average Bonchev–Trinajstić information content (AvgIpc) is 3.88. The average molecular weight is 648 g/mol. The van der Waals surface area contributed by atoms with Gasteiger partial charge in [-0.3, -0.25) is 4.79 Å². The highest BCUT2D eigenvalue weighted by atomic mass is 16.5. The zero-order valence-corrected chi connectivity index (χ0v) is 27.6. The summed E-state index contributed by atoms with van der Waals surface area (Å²) < 4.78 is 6.37. The minimum atomic E-state index is -1.20. The van der Waals surface area contributed by atoms with Crippen molar-refractivity contribution in [2.75, 3.05) is 13.1 Å². The highest BCUT2D eigenvalue weighted by molar-refractivity contribution is 6.07. The number of hydrogen-bond acceptors (Lipinski definition) is 6. The SMILES string of the molecule is CC(C)[C@H](NC(=O)O)C(=O)N1C[C@@H](C)C[C@H]1c1nc2ccc3cc4c(cc3c2[nH]1)OCc1cc(-c2cnc([C@@H]3C[C@H](C)CN3)[nH]2)ccc1-4. The summed E-state index contributed by atoms with van der Waals surface area (Å²) in [6.07, 6.45) is 2.56. The Labute approximate surface area is 278 Å². The van der Waals surface area contributed by atoms with E-state index in [1.54, 1.807) is 4.90 Å². The fraction of sp³-hybridized carbons (Fsp3) is 0.405. The molecule has 0 unspecified atom stereocenters. The number of amides is 2. The topological polar surface area (TPSA) is 148 Å². The van der Waals surface area contributed by atoms with Crippen LogP contribution in [-0.4, -0.2) is 61.1 Å². The highest BCUT2D eigenvalue weighted by Gasteiger charge is 2.40. The number of nitrogens with zero attached hydrogens (tertiary/aromatic N) is 3. The van der Waals surface area contributed by atoms with Crippen LogP contribution in [0.25, 0.3) is 44.2 Å². The molecule has 0 radical (unpaired) electrons. The number of imidazole rings is 2. The van der Waals surface area contributed by atoms with Crippen molar-refractivity contribution in [3.8, 4) is 28.1 Å². The molecule has 0 aliphatic carbocycles. The van der Waals surface area contributed by atoms with Crippen LogP contribution in [0.1, 0.15) is 69.8 Å². The van der Waals surface area contributed by atoms with Crippen LogP contribution in [0.2, 0.25) is 0 Å². The molecule has 3 aliphatic rings. The molecule has 2 aromatic heterocycles. The van der Waals surface area contributed by atoms with Crippen molar-refractivity contribution in [2.24, 2.45) is 17.8 Å². The van der Waals surface area contributed by atoms with Gasteiger partial charge < -0.3 is 35.3 Å². The molecule has 8 rings (SSSR count). The number of aromatic nitrogens is 4. The van der Waals surface area contributed by atoms with Gasteiger partial charge in [0, 0.05) is 17.5 Å². The van der Waals surface area contributed by atoms with Gasteiger partial charge in [0.05, 0.1) is 35.0 Å². The van der Waals surface area contributed by atoms with E-state index in [1.165, 1.54) is 0 Å². The first-order chi connectivity index (χ1) is 23.1. The first kappa shape index (κ1) is 30.4. The fourth-order valence-corrected chi connectivity index (χ4v) is 7.79. The quantitative estimate of drug-likeness (QED) is 0.141. The minimum absolute atomic E-state index is 0.186. The maximum Gasteiger partial charge on any atom is 0.405 e. The van der Waals surface area contributed by atoms with Crippen molar-refractivity contribution >= 4 is 33.8 Å². The maximum absolute atomic E-state index is 13.6. The van der Waals surface area contributed by atoms with Gasteiger partial charge in [0.2, 0.25) is 5.91 Å². The normalized spacial score (nSPS) is 22.6. The first-order valence-electron chi connectivity index (χ1n) is 16.9. The Kier molecular flexibility index (Phi) is 7.39. The molecule has 248 valence electrons. The summed E-state index contributed by atoms with van der Waals surface area (Å²) in [5.74, 6) is 3.03. The lowest BCUT2D eigenvalue weighted by atomic mass is 9.92. The maximum atomic E-state index is 13.6. The number of benzene rings is 3. The third-order valence-corrected chi connectivity index (χ3v) is 10.3. The van der Waals surface area contributed by atoms with Crippen molar-refractivity contribution in [2.45, 2.75) is 65.3 Å². The van der Waals surface area contributed by atoms with Crippen LogP contribution in [0.5, 0.6) is 5.75 Å². The second kappa shape index (κ2) is 11.7. The molecule has 2 saturated heterocycles. The third kappa shape index (κ3) is 5.26. The summed E-state index contributed by atoms with van der Waals surface area (Å²) in [4.78, 5) is 43.6. The largest absolute Gasteiger partial charge is 0.488 e. The Hall–Kier alpha value is -4.90. The molecular weight excluding hydrogens is 606 g/mol. The number of H-pyrrole nitrogens is 2. The lowest BCUT2D eigenvalue weighted by Gasteiger charge is -2.29. The molecule has 11 nitrogen and oxygen atoms in total. The standard InChI is InChI=1S/C37H41N7O4/c1-18(2)32(43-37(46)47)36(45)44-16-20(4)10-30(44)35-40-27-8-6-21-12-26-24-7-5-22(29-15-39-34(41-29)28-9-19(3)14-38-28)11-23(24)17-48-31(26)13-25(21)33(27)42-35/h5-8,11-13,15,18-20,28,30,32,38,43H,9-10,14,16-17H2,1-4H3,(H,39,41)(H,40,42)(H,46,47)/t19-,20-,28-,30-,32-/m0/s1. The van der Waals surface area contributed by atoms with Crippen LogP contribution in [0.3, 0.4) is 0 Å². The van der Waals surface area contributed by atoms with Gasteiger partial charge in [0.1, 0.15) is 30.0 Å². The number of carbonyl (C=O) groups is 2. The van der Waals surface area contributed by atoms with Crippen LogP contribution in [-0.2, 0) is 11.4 Å². The van der Waals surface area contributed by atoms with Crippen molar-refractivity contribution in [1.82, 2.24) is 35.5 Å². The van der Waals surface area contributed by atoms with E-state index in [2.05, 4.69) is 75.8 Å². The number of rotatable bonds is 6. The third-order valence-electron chi connectivity index (χ3n) is 10.3. The monoisotopic (exact) mass is 647 g/mol. The van der Waals surface area contributed by atoms with Crippen LogP contribution < -0.4 is 15.4 Å². The number of hydrogen-bond donors (Lipinski definition) is 5. The number of likely N-dealkylation sites (tertiary alicyclic amines) is 1. The summed E-state index contributed by atoms with van der Waals surface area (Å²) in [5, 5.41) is 17.4. The molecule has 0 saturated carbocycles. The Morgan fingerprint density at radius 3 is 2.65 bits per heavy atom. The van der Waals surface area contributed by atoms with E-state index in [-0.39, 0.29) is 29.8 Å². The van der Waals surface area contributed by atoms with Crippen LogP contribution in [0, 0.1) is 17.8 Å². The van der Waals surface area contributed by atoms with Crippen molar-refractivity contribution in [1.29, 1.82) is 0 Å². The number of carbonyl (C=O) groups excluding carboxylic acids is 1. The molecule has 0 bridgehead atoms. The predicted octanol–water partition coefficient (Wildman–Crippen LogP) is 6.54. The molecule has 3 aromatic carbocycles. The second-order valence-electron chi connectivity index (χ2n) is 14.3. The summed E-state index contributed by atoms with van der Waals surface area (Å²) in [6.45, 7) is 10.1. The van der Waals surface area contributed by atoms with Gasteiger partial charge in [-0.15, -0.1) is 0 Å². The molecule has 5 aromatic rings. The molecule has 48 heavy (non-hydrogen) atoms. The molecule has 2 fully saturated rings. The van der Waals surface area contributed by atoms with E-state index in [0.29, 0.717) is 24.9 Å². The number of nitrogens with one attached hydrogen (secondary N) is 4. The van der Waals surface area contributed by atoms with E-state index in [9.17, 15) is 14.7 Å². The number of carboxylic acid groups (broad SMARTS) is 1. The van der Waals surface area contributed by atoms with Crippen LogP contribution in [0.4, 0.5) is 4.79 Å². The van der Waals surface area contributed by atoms with Crippen LogP contribution >= 0.6 is 0 Å². The zero-order valence-electron chi connectivity index (χ0n) is 27.6. The van der Waals surface area contributed by atoms with Gasteiger partial charge in [0.15, 0.2) is 0 Å². The second-order valence-corrected chi connectivity index (χ2v) is 14.3. The molecule has 11 heteroatoms. The predicted molar refractivity (Wildman–Crippen MR) is 183 cm³/mol. The van der Waals surface area contributed by atoms with Crippen molar-refractivity contribution in [3.05, 3.63) is 65.9 Å². The van der Waals surface area contributed by atoms with Gasteiger partial charge in [-0.05, 0) is 83.5 Å². The summed E-state index contributed by atoms with van der Waals surface area (Å²) in [7, 11) is 0. The van der Waals surface area contributed by atoms with E-state index < -0.39 is 12.1 Å². The highest BCUT2D eigenvalue weighted by Crippen LogP contribution is 2.43. The van der Waals surface area contributed by atoms with Gasteiger partial charge in [0.25, 0.3) is 0 Å². The van der Waals surface area contributed by atoms with E-state index in [1.807, 2.05) is 26.1 Å². The smallest absolute Gasteiger partial charge is 0.405 e. The Bertz CT molecular complexity index is 2070. The van der Waals surface area contributed by atoms with Gasteiger partial charge in [-0.25, -0.2) is 14.8 Å². The molecule has 3 aliphatic heterocycles. The van der Waals surface area contributed by atoms with E-state index in [4.69, 9.17) is 9.72 Å². The first-order valence-corrected chi connectivity index (χ1v) is 16.9. The number of ether oxygens (including phenoxy) is 1. The minimum Gasteiger partial charge on any atom is -0.488 e. The van der Waals surface area contributed by atoms with Crippen molar-refractivity contribution < 1.29 is 19.4 Å². The Morgan fingerprint density at radius 2 is 1.88 bits per heavy atom. The molecule has 5 atom stereocenters. The molecule has 5 N–H and O–H groups in total. The van der Waals surface area contributed by atoms with Gasteiger partial charge in [-0.1, -0.05) is 45.9 Å².